The smallest absolute Gasteiger partial charge is 0.227 e. The Bertz CT molecular complexity index is 2380. The first-order chi connectivity index (χ1) is 24.6. The number of fused-ring (bicyclic) bond motifs is 2. The minimum Gasteiger partial charge on any atom is -0.436 e. The first-order valence-corrected chi connectivity index (χ1v) is 17.6. The summed E-state index contributed by atoms with van der Waals surface area (Å²) in [6.45, 7) is 2.12. The number of nitrogens with zero attached hydrogens (tertiary/aromatic N) is 2. The predicted molar refractivity (Wildman–Crippen MR) is 211 cm³/mol. The summed E-state index contributed by atoms with van der Waals surface area (Å²) in [6, 6.07) is 62.4. The normalized spacial score (nSPS) is 11.3. The van der Waals surface area contributed by atoms with Gasteiger partial charge in [0.25, 0.3) is 0 Å². The van der Waals surface area contributed by atoms with Gasteiger partial charge in [0, 0.05) is 32.2 Å². The Balaban J connectivity index is 1.05. The van der Waals surface area contributed by atoms with Crippen molar-refractivity contribution in [1.29, 1.82) is 0 Å². The van der Waals surface area contributed by atoms with Gasteiger partial charge in [0.2, 0.25) is 5.89 Å². The zero-order valence-electron chi connectivity index (χ0n) is 27.5. The van der Waals surface area contributed by atoms with Gasteiger partial charge in [0.15, 0.2) is 5.58 Å². The van der Waals surface area contributed by atoms with Crippen LogP contribution in [-0.2, 0) is 0 Å². The van der Waals surface area contributed by atoms with Crippen molar-refractivity contribution in [1.82, 2.24) is 4.98 Å². The van der Waals surface area contributed by atoms with Crippen LogP contribution < -0.4 is 4.90 Å². The molecular formula is C46H32N2OS. The maximum absolute atomic E-state index is 6.07. The minimum atomic E-state index is 0.620. The van der Waals surface area contributed by atoms with Crippen molar-refractivity contribution >= 4 is 49.6 Å². The third kappa shape index (κ3) is 5.76. The number of rotatable bonds is 7. The minimum absolute atomic E-state index is 0.620. The Labute approximate surface area is 295 Å². The fourth-order valence-electron chi connectivity index (χ4n) is 6.50. The molecule has 0 fully saturated rings. The number of oxazole rings is 1. The van der Waals surface area contributed by atoms with E-state index < -0.39 is 0 Å². The lowest BCUT2D eigenvalue weighted by Gasteiger charge is -2.26. The first kappa shape index (κ1) is 29.9. The van der Waals surface area contributed by atoms with Crippen LogP contribution in [0.2, 0.25) is 0 Å². The van der Waals surface area contributed by atoms with E-state index in [0.29, 0.717) is 5.89 Å². The van der Waals surface area contributed by atoms with E-state index in [1.165, 1.54) is 48.3 Å². The van der Waals surface area contributed by atoms with Gasteiger partial charge in [0.05, 0.1) is 0 Å². The lowest BCUT2D eigenvalue weighted by Crippen LogP contribution is -2.09. The molecule has 0 N–H and O–H groups in total. The molecule has 238 valence electrons. The largest absolute Gasteiger partial charge is 0.436 e. The molecule has 3 nitrogen and oxygen atoms in total. The quantitative estimate of drug-likeness (QED) is 0.170. The van der Waals surface area contributed by atoms with Gasteiger partial charge in [-0.15, -0.1) is 11.3 Å². The van der Waals surface area contributed by atoms with Crippen LogP contribution >= 0.6 is 11.3 Å². The van der Waals surface area contributed by atoms with E-state index in [1.807, 2.05) is 35.6 Å². The molecule has 0 saturated carbocycles. The van der Waals surface area contributed by atoms with Gasteiger partial charge in [-0.3, -0.25) is 0 Å². The summed E-state index contributed by atoms with van der Waals surface area (Å²) in [4.78, 5) is 8.28. The van der Waals surface area contributed by atoms with Gasteiger partial charge in [0.1, 0.15) is 5.52 Å². The van der Waals surface area contributed by atoms with Crippen molar-refractivity contribution in [3.05, 3.63) is 181 Å². The van der Waals surface area contributed by atoms with Crippen LogP contribution in [0.4, 0.5) is 17.1 Å². The molecule has 0 aliphatic carbocycles. The number of thiophene rings is 1. The summed E-state index contributed by atoms with van der Waals surface area (Å²) >= 11 is 1.83. The van der Waals surface area contributed by atoms with Crippen LogP contribution in [0.25, 0.3) is 65.3 Å². The van der Waals surface area contributed by atoms with E-state index >= 15 is 0 Å². The van der Waals surface area contributed by atoms with Crippen LogP contribution in [0.3, 0.4) is 0 Å². The van der Waals surface area contributed by atoms with E-state index in [2.05, 4.69) is 163 Å². The van der Waals surface area contributed by atoms with Crippen molar-refractivity contribution < 1.29 is 4.42 Å². The summed E-state index contributed by atoms with van der Waals surface area (Å²) < 4.78 is 7.37. The lowest BCUT2D eigenvalue weighted by molar-refractivity contribution is 0.620. The molecule has 0 spiro atoms. The molecule has 0 atom stereocenters. The fourth-order valence-corrected chi connectivity index (χ4v) is 7.57. The van der Waals surface area contributed by atoms with Crippen molar-refractivity contribution in [3.63, 3.8) is 0 Å². The third-order valence-corrected chi connectivity index (χ3v) is 10.4. The summed E-state index contributed by atoms with van der Waals surface area (Å²) in [7, 11) is 0. The van der Waals surface area contributed by atoms with Crippen molar-refractivity contribution in [3.8, 4) is 44.1 Å². The molecular weight excluding hydrogens is 629 g/mol. The van der Waals surface area contributed by atoms with E-state index in [1.54, 1.807) is 0 Å². The van der Waals surface area contributed by atoms with Crippen LogP contribution in [0.15, 0.2) is 180 Å². The van der Waals surface area contributed by atoms with Gasteiger partial charge >= 0.3 is 0 Å². The second-order valence-corrected chi connectivity index (χ2v) is 13.6. The van der Waals surface area contributed by atoms with Gasteiger partial charge in [-0.1, -0.05) is 109 Å². The SMILES string of the molecule is Cc1ccc(-c2ccc(-c3ccc(N(c4ccc(-c5nc6ccccc6o5)cc4)c4ccc(-c5cc6ccccc6s5)cc4)cc3)cc2)cc1. The number of hydrogen-bond acceptors (Lipinski definition) is 4. The predicted octanol–water partition coefficient (Wildman–Crippen LogP) is 13.5. The van der Waals surface area contributed by atoms with Gasteiger partial charge in [-0.25, -0.2) is 4.98 Å². The molecule has 0 radical (unpaired) electrons. The van der Waals surface area contributed by atoms with E-state index in [-0.39, 0.29) is 0 Å². The number of hydrogen-bond donors (Lipinski definition) is 0. The summed E-state index contributed by atoms with van der Waals surface area (Å²) in [6.07, 6.45) is 0. The van der Waals surface area contributed by atoms with Crippen LogP contribution in [0, 0.1) is 6.92 Å². The molecule has 2 heterocycles. The summed E-state index contributed by atoms with van der Waals surface area (Å²) in [5.41, 5.74) is 13.1. The lowest BCUT2D eigenvalue weighted by atomic mass is 9.99. The Hall–Kier alpha value is -6.23. The first-order valence-electron chi connectivity index (χ1n) is 16.8. The molecule has 9 rings (SSSR count). The van der Waals surface area contributed by atoms with Crippen LogP contribution in [-0.4, -0.2) is 4.98 Å². The van der Waals surface area contributed by atoms with Gasteiger partial charge in [-0.05, 0) is 113 Å². The van der Waals surface area contributed by atoms with Crippen LogP contribution in [0.5, 0.6) is 0 Å². The molecule has 0 bridgehead atoms. The molecule has 4 heteroatoms. The maximum Gasteiger partial charge on any atom is 0.227 e. The molecule has 0 aliphatic heterocycles. The summed E-state index contributed by atoms with van der Waals surface area (Å²) in [5.74, 6) is 0.620. The van der Waals surface area contributed by atoms with E-state index in [0.717, 1.165) is 33.7 Å². The second kappa shape index (κ2) is 12.7. The molecule has 0 saturated heterocycles. The summed E-state index contributed by atoms with van der Waals surface area (Å²) in [5, 5.41) is 1.28. The Kier molecular flexibility index (Phi) is 7.57. The highest BCUT2D eigenvalue weighted by Crippen LogP contribution is 2.39. The molecule has 0 amide bonds. The molecule has 0 aliphatic rings. The molecule has 0 unspecified atom stereocenters. The Morgan fingerprint density at radius 1 is 0.480 bits per heavy atom. The Morgan fingerprint density at radius 2 is 0.960 bits per heavy atom. The third-order valence-electron chi connectivity index (χ3n) is 9.23. The number of para-hydroxylation sites is 2. The second-order valence-electron chi connectivity index (χ2n) is 12.6. The standard InChI is InChI=1S/C46H32N2OS/c1-31-10-12-32(13-11-31)33-14-16-34(17-15-33)35-18-24-39(25-19-35)48(40-26-20-36(21-27-40)45-30-38-6-2-5-9-44(38)50-45)41-28-22-37(23-29-41)46-47-42-7-3-4-8-43(42)49-46/h2-30H,1H3. The Morgan fingerprint density at radius 3 is 1.54 bits per heavy atom. The highest BCUT2D eigenvalue weighted by Gasteiger charge is 2.15. The van der Waals surface area contributed by atoms with Gasteiger partial charge < -0.3 is 9.32 Å². The van der Waals surface area contributed by atoms with Crippen molar-refractivity contribution in [2.24, 2.45) is 0 Å². The van der Waals surface area contributed by atoms with Crippen molar-refractivity contribution in [2.75, 3.05) is 4.90 Å². The monoisotopic (exact) mass is 660 g/mol. The zero-order chi connectivity index (χ0) is 33.4. The molecule has 9 aromatic rings. The number of aryl methyl sites for hydroxylation is 1. The fraction of sp³-hybridized carbons (Fsp3) is 0.0217. The van der Waals surface area contributed by atoms with E-state index in [9.17, 15) is 0 Å². The van der Waals surface area contributed by atoms with Gasteiger partial charge in [-0.2, -0.15) is 0 Å². The highest BCUT2D eigenvalue weighted by atomic mass is 32.1. The maximum atomic E-state index is 6.07. The van der Waals surface area contributed by atoms with Crippen LogP contribution in [0.1, 0.15) is 5.56 Å². The number of benzene rings is 7. The molecule has 2 aromatic heterocycles. The molecule has 50 heavy (non-hydrogen) atoms. The average molecular weight is 661 g/mol. The topological polar surface area (TPSA) is 29.3 Å². The molecule has 7 aromatic carbocycles. The zero-order valence-corrected chi connectivity index (χ0v) is 28.3. The number of anilines is 3. The van der Waals surface area contributed by atoms with Crippen molar-refractivity contribution in [2.45, 2.75) is 6.92 Å². The number of aromatic nitrogens is 1. The highest BCUT2D eigenvalue weighted by molar-refractivity contribution is 7.22. The van der Waals surface area contributed by atoms with E-state index in [4.69, 9.17) is 9.40 Å². The average Bonchev–Trinajstić information content (AvgIpc) is 3.82.